The lowest BCUT2D eigenvalue weighted by molar-refractivity contribution is -0.123. The summed E-state index contributed by atoms with van der Waals surface area (Å²) in [6, 6.07) is 1.69. The topological polar surface area (TPSA) is 84.9 Å². The van der Waals surface area contributed by atoms with Gasteiger partial charge in [0.1, 0.15) is 5.75 Å². The maximum Gasteiger partial charge on any atom is 0.349 e. The Balaban J connectivity index is 2.54. The molecule has 21 heavy (non-hydrogen) atoms. The summed E-state index contributed by atoms with van der Waals surface area (Å²) in [6.45, 7) is 4.84. The molecule has 1 rings (SSSR count). The largest absolute Gasteiger partial charge is 0.482 e. The molecule has 1 amide bonds. The van der Waals surface area contributed by atoms with Crippen molar-refractivity contribution in [3.05, 3.63) is 15.8 Å². The number of thiophene rings is 1. The Labute approximate surface area is 128 Å². The summed E-state index contributed by atoms with van der Waals surface area (Å²) < 4.78 is 10.2. The second-order valence-electron chi connectivity index (χ2n) is 4.79. The molecule has 2 N–H and O–H groups in total. The lowest BCUT2D eigenvalue weighted by Gasteiger charge is -2.06. The van der Waals surface area contributed by atoms with Crippen LogP contribution in [0, 0.1) is 0 Å². The number of hydrogen-bond acceptors (Lipinski definition) is 5. The summed E-state index contributed by atoms with van der Waals surface area (Å²) in [5.41, 5.74) is 0. The summed E-state index contributed by atoms with van der Waals surface area (Å²) in [5, 5.41) is 11.8. The van der Waals surface area contributed by atoms with Crippen molar-refractivity contribution in [1.82, 2.24) is 5.32 Å². The molecule has 0 bridgehead atoms. The minimum absolute atomic E-state index is 0.130. The van der Waals surface area contributed by atoms with E-state index < -0.39 is 5.97 Å². The normalized spacial score (nSPS) is 10.7. The Morgan fingerprint density at radius 1 is 1.43 bits per heavy atom. The van der Waals surface area contributed by atoms with E-state index in [1.165, 1.54) is 11.3 Å². The monoisotopic (exact) mass is 315 g/mol. The van der Waals surface area contributed by atoms with E-state index in [-0.39, 0.29) is 29.1 Å². The van der Waals surface area contributed by atoms with Gasteiger partial charge in [-0.05, 0) is 18.4 Å². The number of nitrogens with one attached hydrogen (secondary N) is 1. The molecule has 0 spiro atoms. The Kier molecular flexibility index (Phi) is 7.18. The van der Waals surface area contributed by atoms with Crippen LogP contribution in [0.2, 0.25) is 0 Å². The van der Waals surface area contributed by atoms with E-state index in [1.807, 2.05) is 13.8 Å². The molecule has 0 radical (unpaired) electrons. The van der Waals surface area contributed by atoms with Crippen LogP contribution in [0.4, 0.5) is 0 Å². The van der Waals surface area contributed by atoms with E-state index in [2.05, 4.69) is 5.32 Å². The van der Waals surface area contributed by atoms with Crippen LogP contribution < -0.4 is 10.1 Å². The molecule has 1 aromatic rings. The fourth-order valence-electron chi connectivity index (χ4n) is 1.57. The Bertz CT molecular complexity index is 484. The van der Waals surface area contributed by atoms with Gasteiger partial charge in [0.15, 0.2) is 11.5 Å². The van der Waals surface area contributed by atoms with Gasteiger partial charge < -0.3 is 19.9 Å². The van der Waals surface area contributed by atoms with E-state index in [0.717, 1.165) is 11.3 Å². The smallest absolute Gasteiger partial charge is 0.349 e. The van der Waals surface area contributed by atoms with Gasteiger partial charge in [0, 0.05) is 25.1 Å². The van der Waals surface area contributed by atoms with Crippen molar-refractivity contribution in [2.24, 2.45) is 0 Å². The number of amides is 1. The fourth-order valence-corrected chi connectivity index (χ4v) is 2.51. The van der Waals surface area contributed by atoms with Crippen LogP contribution in [0.1, 0.15) is 40.7 Å². The van der Waals surface area contributed by atoms with Crippen molar-refractivity contribution in [1.29, 1.82) is 0 Å². The molecule has 0 fully saturated rings. The zero-order valence-corrected chi connectivity index (χ0v) is 13.3. The van der Waals surface area contributed by atoms with Gasteiger partial charge in [-0.1, -0.05) is 13.8 Å². The maximum absolute atomic E-state index is 11.6. The van der Waals surface area contributed by atoms with Gasteiger partial charge in [0.2, 0.25) is 0 Å². The molecule has 1 heterocycles. The van der Waals surface area contributed by atoms with Crippen molar-refractivity contribution in [3.63, 3.8) is 0 Å². The number of methoxy groups -OCH3 is 1. The van der Waals surface area contributed by atoms with E-state index in [4.69, 9.17) is 14.6 Å². The first-order chi connectivity index (χ1) is 9.95. The van der Waals surface area contributed by atoms with Crippen LogP contribution in [0.15, 0.2) is 6.07 Å². The molecule has 0 saturated heterocycles. The number of rotatable bonds is 9. The quantitative estimate of drug-likeness (QED) is 0.682. The first-order valence-corrected chi connectivity index (χ1v) is 7.52. The molecule has 0 saturated carbocycles. The van der Waals surface area contributed by atoms with E-state index in [9.17, 15) is 9.59 Å². The number of carboxylic acid groups (broad SMARTS) is 1. The summed E-state index contributed by atoms with van der Waals surface area (Å²) in [4.78, 5) is 23.8. The Morgan fingerprint density at radius 2 is 2.14 bits per heavy atom. The summed E-state index contributed by atoms with van der Waals surface area (Å²) in [5.74, 6) is -0.848. The van der Waals surface area contributed by atoms with Gasteiger partial charge in [-0.3, -0.25) is 4.79 Å². The van der Waals surface area contributed by atoms with Gasteiger partial charge >= 0.3 is 5.97 Å². The minimum atomic E-state index is -1.04. The Morgan fingerprint density at radius 3 is 2.71 bits per heavy atom. The minimum Gasteiger partial charge on any atom is -0.482 e. The molecule has 0 aliphatic carbocycles. The molecule has 0 aliphatic rings. The maximum atomic E-state index is 11.6. The molecule has 1 aromatic heterocycles. The third-order valence-corrected chi connectivity index (χ3v) is 4.09. The zero-order chi connectivity index (χ0) is 15.8. The molecular weight excluding hydrogens is 294 g/mol. The Hall–Kier alpha value is -1.60. The number of carbonyl (C=O) groups is 2. The third-order valence-electron chi connectivity index (χ3n) is 2.69. The fraction of sp³-hybridized carbons (Fsp3) is 0.571. The van der Waals surface area contributed by atoms with Gasteiger partial charge in [-0.25, -0.2) is 4.79 Å². The molecule has 0 unspecified atom stereocenters. The predicted molar refractivity (Wildman–Crippen MR) is 80.4 cm³/mol. The average Bonchev–Trinajstić information content (AvgIpc) is 2.86. The molecule has 0 aromatic carbocycles. The van der Waals surface area contributed by atoms with E-state index in [1.54, 1.807) is 13.2 Å². The number of aromatic carboxylic acids is 1. The highest BCUT2D eigenvalue weighted by Crippen LogP contribution is 2.33. The van der Waals surface area contributed by atoms with Crippen molar-refractivity contribution in [2.45, 2.75) is 26.2 Å². The summed E-state index contributed by atoms with van der Waals surface area (Å²) >= 11 is 1.18. The van der Waals surface area contributed by atoms with Crippen LogP contribution >= 0.6 is 11.3 Å². The highest BCUT2D eigenvalue weighted by atomic mass is 32.1. The van der Waals surface area contributed by atoms with Crippen LogP contribution in [-0.4, -0.2) is 43.9 Å². The highest BCUT2D eigenvalue weighted by molar-refractivity contribution is 7.14. The first-order valence-electron chi connectivity index (χ1n) is 6.71. The lowest BCUT2D eigenvalue weighted by atomic mass is 10.2. The van der Waals surface area contributed by atoms with Gasteiger partial charge in [-0.15, -0.1) is 11.3 Å². The van der Waals surface area contributed by atoms with Gasteiger partial charge in [0.25, 0.3) is 5.91 Å². The van der Waals surface area contributed by atoms with Crippen molar-refractivity contribution < 1.29 is 24.2 Å². The van der Waals surface area contributed by atoms with Crippen LogP contribution in [0.5, 0.6) is 5.75 Å². The van der Waals surface area contributed by atoms with Crippen LogP contribution in [0.3, 0.4) is 0 Å². The first kappa shape index (κ1) is 17.5. The van der Waals surface area contributed by atoms with E-state index >= 15 is 0 Å². The van der Waals surface area contributed by atoms with Crippen molar-refractivity contribution >= 4 is 23.2 Å². The number of hydrogen-bond donors (Lipinski definition) is 2. The molecule has 6 nitrogen and oxygen atoms in total. The van der Waals surface area contributed by atoms with Crippen molar-refractivity contribution in [2.75, 3.05) is 26.9 Å². The number of carboxylic acids is 1. The van der Waals surface area contributed by atoms with Crippen LogP contribution in [-0.2, 0) is 9.53 Å². The average molecular weight is 315 g/mol. The predicted octanol–water partition coefficient (Wildman–Crippen LogP) is 2.10. The highest BCUT2D eigenvalue weighted by Gasteiger charge is 2.19. The SMILES string of the molecule is COCCCNC(=O)COc1cc(C(C)C)sc1C(=O)O. The lowest BCUT2D eigenvalue weighted by Crippen LogP contribution is -2.30. The van der Waals surface area contributed by atoms with Gasteiger partial charge in [0.05, 0.1) is 0 Å². The summed E-state index contributed by atoms with van der Waals surface area (Å²) in [7, 11) is 1.60. The molecule has 7 heteroatoms. The third kappa shape index (κ3) is 5.73. The van der Waals surface area contributed by atoms with Gasteiger partial charge in [-0.2, -0.15) is 0 Å². The summed E-state index contributed by atoms with van der Waals surface area (Å²) in [6.07, 6.45) is 0.721. The number of ether oxygens (including phenoxy) is 2. The number of carbonyl (C=O) groups excluding carboxylic acids is 1. The second kappa shape index (κ2) is 8.63. The molecule has 0 aliphatic heterocycles. The standard InChI is InChI=1S/C14H21NO5S/c1-9(2)11-7-10(13(21-11)14(17)18)20-8-12(16)15-5-4-6-19-3/h7,9H,4-6,8H2,1-3H3,(H,15,16)(H,17,18). The zero-order valence-electron chi connectivity index (χ0n) is 12.5. The van der Waals surface area contributed by atoms with Crippen LogP contribution in [0.25, 0.3) is 0 Å². The molecular formula is C14H21NO5S. The van der Waals surface area contributed by atoms with E-state index in [0.29, 0.717) is 13.2 Å². The second-order valence-corrected chi connectivity index (χ2v) is 5.87. The molecule has 0 atom stereocenters. The molecule has 118 valence electrons. The van der Waals surface area contributed by atoms with Crippen molar-refractivity contribution in [3.8, 4) is 5.75 Å².